The number of anilines is 1. The Kier molecular flexibility index (Phi) is 4.62. The quantitative estimate of drug-likeness (QED) is 0.625. The zero-order chi connectivity index (χ0) is 14.7. The minimum Gasteiger partial charge on any atom is -0.380 e. The number of benzene rings is 2. The van der Waals surface area contributed by atoms with Crippen molar-refractivity contribution in [3.63, 3.8) is 0 Å². The lowest BCUT2D eigenvalue weighted by atomic mass is 10.2. The van der Waals surface area contributed by atoms with E-state index in [0.29, 0.717) is 16.0 Å². The molecule has 0 fully saturated rings. The van der Waals surface area contributed by atoms with Gasteiger partial charge in [-0.05, 0) is 52.2 Å². The predicted octanol–water partition coefficient (Wildman–Crippen LogP) is 4.93. The SMILES string of the molecule is Cc1ccc(NCc2ccc(Br)c([N+](=O)[O-])c2)c(Cl)c1. The number of nitro groups is 1. The number of aryl methyl sites for hydroxylation is 1. The van der Waals surface area contributed by atoms with E-state index in [-0.39, 0.29) is 5.69 Å². The Morgan fingerprint density at radius 3 is 2.70 bits per heavy atom. The van der Waals surface area contributed by atoms with Gasteiger partial charge < -0.3 is 5.32 Å². The van der Waals surface area contributed by atoms with Crippen LogP contribution in [0, 0.1) is 17.0 Å². The van der Waals surface area contributed by atoms with Gasteiger partial charge in [0.15, 0.2) is 0 Å². The average molecular weight is 356 g/mol. The molecular weight excluding hydrogens is 344 g/mol. The van der Waals surface area contributed by atoms with Gasteiger partial charge in [0.05, 0.1) is 20.1 Å². The topological polar surface area (TPSA) is 55.2 Å². The lowest BCUT2D eigenvalue weighted by Gasteiger charge is -2.09. The van der Waals surface area contributed by atoms with E-state index in [9.17, 15) is 10.1 Å². The average Bonchev–Trinajstić information content (AvgIpc) is 2.39. The van der Waals surface area contributed by atoms with Gasteiger partial charge in [-0.2, -0.15) is 0 Å². The van der Waals surface area contributed by atoms with Crippen molar-refractivity contribution in [2.24, 2.45) is 0 Å². The van der Waals surface area contributed by atoms with E-state index < -0.39 is 4.92 Å². The third-order valence-electron chi connectivity index (χ3n) is 2.81. The van der Waals surface area contributed by atoms with Gasteiger partial charge in [-0.3, -0.25) is 10.1 Å². The standard InChI is InChI=1S/C14H12BrClN2O2/c1-9-2-5-13(12(16)6-9)17-8-10-3-4-11(15)14(7-10)18(19)20/h2-7,17H,8H2,1H3. The van der Waals surface area contributed by atoms with Crippen molar-refractivity contribution < 1.29 is 4.92 Å². The van der Waals surface area contributed by atoms with Gasteiger partial charge in [0.1, 0.15) is 0 Å². The maximum absolute atomic E-state index is 10.9. The van der Waals surface area contributed by atoms with Gasteiger partial charge in [-0.1, -0.05) is 23.7 Å². The number of hydrogen-bond acceptors (Lipinski definition) is 3. The minimum atomic E-state index is -0.410. The van der Waals surface area contributed by atoms with E-state index in [1.54, 1.807) is 12.1 Å². The van der Waals surface area contributed by atoms with Gasteiger partial charge in [-0.25, -0.2) is 0 Å². The maximum atomic E-state index is 10.9. The Balaban J connectivity index is 2.15. The number of nitrogens with one attached hydrogen (secondary N) is 1. The second-order valence-corrected chi connectivity index (χ2v) is 5.64. The Bertz CT molecular complexity index is 662. The van der Waals surface area contributed by atoms with Gasteiger partial charge >= 0.3 is 0 Å². The summed E-state index contributed by atoms with van der Waals surface area (Å²) < 4.78 is 0.472. The van der Waals surface area contributed by atoms with E-state index in [1.165, 1.54) is 0 Å². The molecule has 0 unspecified atom stereocenters. The van der Waals surface area contributed by atoms with Crippen LogP contribution in [0.2, 0.25) is 5.02 Å². The van der Waals surface area contributed by atoms with Crippen LogP contribution in [0.3, 0.4) is 0 Å². The molecule has 0 bridgehead atoms. The maximum Gasteiger partial charge on any atom is 0.283 e. The number of hydrogen-bond donors (Lipinski definition) is 1. The summed E-state index contributed by atoms with van der Waals surface area (Å²) in [7, 11) is 0. The summed E-state index contributed by atoms with van der Waals surface area (Å²) in [6.45, 7) is 2.44. The Morgan fingerprint density at radius 1 is 1.30 bits per heavy atom. The summed E-state index contributed by atoms with van der Waals surface area (Å²) in [5.74, 6) is 0. The first kappa shape index (κ1) is 14.8. The van der Waals surface area contributed by atoms with Crippen LogP contribution in [0.4, 0.5) is 11.4 Å². The van der Waals surface area contributed by atoms with E-state index in [1.807, 2.05) is 31.2 Å². The molecule has 0 atom stereocenters. The summed E-state index contributed by atoms with van der Waals surface area (Å²) in [6.07, 6.45) is 0. The normalized spacial score (nSPS) is 10.3. The zero-order valence-electron chi connectivity index (χ0n) is 10.7. The highest BCUT2D eigenvalue weighted by Gasteiger charge is 2.12. The van der Waals surface area contributed by atoms with Crippen LogP contribution in [0.25, 0.3) is 0 Å². The van der Waals surface area contributed by atoms with Crippen LogP contribution in [-0.4, -0.2) is 4.92 Å². The van der Waals surface area contributed by atoms with Crippen molar-refractivity contribution in [1.29, 1.82) is 0 Å². The minimum absolute atomic E-state index is 0.0549. The second kappa shape index (κ2) is 6.24. The van der Waals surface area contributed by atoms with Crippen LogP contribution >= 0.6 is 27.5 Å². The summed E-state index contributed by atoms with van der Waals surface area (Å²) >= 11 is 9.29. The van der Waals surface area contributed by atoms with Crippen molar-refractivity contribution in [2.45, 2.75) is 13.5 Å². The number of nitrogens with zero attached hydrogens (tertiary/aromatic N) is 1. The van der Waals surface area contributed by atoms with E-state index in [4.69, 9.17) is 11.6 Å². The van der Waals surface area contributed by atoms with E-state index in [0.717, 1.165) is 16.8 Å². The molecular formula is C14H12BrClN2O2. The Hall–Kier alpha value is -1.59. The lowest BCUT2D eigenvalue weighted by molar-refractivity contribution is -0.385. The molecule has 0 radical (unpaired) electrons. The van der Waals surface area contributed by atoms with Crippen LogP contribution in [-0.2, 0) is 6.54 Å². The highest BCUT2D eigenvalue weighted by Crippen LogP contribution is 2.27. The van der Waals surface area contributed by atoms with Gasteiger partial charge in [0, 0.05) is 12.6 Å². The van der Waals surface area contributed by atoms with Crippen molar-refractivity contribution in [3.8, 4) is 0 Å². The van der Waals surface area contributed by atoms with Crippen molar-refractivity contribution in [3.05, 3.63) is 67.1 Å². The largest absolute Gasteiger partial charge is 0.380 e. The molecule has 4 nitrogen and oxygen atoms in total. The summed E-state index contributed by atoms with van der Waals surface area (Å²) in [4.78, 5) is 10.5. The van der Waals surface area contributed by atoms with Crippen molar-refractivity contribution >= 4 is 38.9 Å². The van der Waals surface area contributed by atoms with Gasteiger partial charge in [0.2, 0.25) is 0 Å². The fourth-order valence-corrected chi connectivity index (χ4v) is 2.46. The molecule has 104 valence electrons. The molecule has 2 aromatic rings. The van der Waals surface area contributed by atoms with Crippen LogP contribution in [0.5, 0.6) is 0 Å². The highest BCUT2D eigenvalue weighted by atomic mass is 79.9. The molecule has 0 aromatic heterocycles. The van der Waals surface area contributed by atoms with Gasteiger partial charge in [0.25, 0.3) is 5.69 Å². The van der Waals surface area contributed by atoms with E-state index in [2.05, 4.69) is 21.2 Å². The molecule has 0 aliphatic heterocycles. The third-order valence-corrected chi connectivity index (χ3v) is 3.80. The summed E-state index contributed by atoms with van der Waals surface area (Å²) in [6, 6.07) is 10.8. The molecule has 0 heterocycles. The molecule has 0 amide bonds. The number of halogens is 2. The number of nitro benzene ring substituents is 1. The molecule has 0 aliphatic rings. The van der Waals surface area contributed by atoms with Crippen molar-refractivity contribution in [2.75, 3.05) is 5.32 Å². The van der Waals surface area contributed by atoms with Crippen molar-refractivity contribution in [1.82, 2.24) is 0 Å². The van der Waals surface area contributed by atoms with Gasteiger partial charge in [-0.15, -0.1) is 0 Å². The molecule has 0 spiro atoms. The molecule has 2 aromatic carbocycles. The first-order valence-corrected chi connectivity index (χ1v) is 7.07. The molecule has 0 saturated heterocycles. The monoisotopic (exact) mass is 354 g/mol. The third kappa shape index (κ3) is 3.49. The molecule has 0 saturated carbocycles. The molecule has 6 heteroatoms. The first-order valence-electron chi connectivity index (χ1n) is 5.90. The summed E-state index contributed by atoms with van der Waals surface area (Å²) in [5, 5.41) is 14.7. The molecule has 1 N–H and O–H groups in total. The smallest absolute Gasteiger partial charge is 0.283 e. The molecule has 20 heavy (non-hydrogen) atoms. The van der Waals surface area contributed by atoms with Crippen LogP contribution in [0.15, 0.2) is 40.9 Å². The first-order chi connectivity index (χ1) is 9.47. The fourth-order valence-electron chi connectivity index (χ4n) is 1.77. The Labute approximate surface area is 130 Å². The Morgan fingerprint density at radius 2 is 2.05 bits per heavy atom. The molecule has 2 rings (SSSR count). The lowest BCUT2D eigenvalue weighted by Crippen LogP contribution is -2.01. The predicted molar refractivity (Wildman–Crippen MR) is 84.3 cm³/mol. The second-order valence-electron chi connectivity index (χ2n) is 4.38. The fraction of sp³-hybridized carbons (Fsp3) is 0.143. The van der Waals surface area contributed by atoms with E-state index >= 15 is 0 Å². The summed E-state index contributed by atoms with van der Waals surface area (Å²) in [5.41, 5.74) is 2.76. The zero-order valence-corrected chi connectivity index (χ0v) is 13.0. The van der Waals surface area contributed by atoms with Crippen LogP contribution < -0.4 is 5.32 Å². The molecule has 0 aliphatic carbocycles. The highest BCUT2D eigenvalue weighted by molar-refractivity contribution is 9.10. The number of rotatable bonds is 4. The van der Waals surface area contributed by atoms with Crippen LogP contribution in [0.1, 0.15) is 11.1 Å².